The maximum atomic E-state index is 14.3. The van der Waals surface area contributed by atoms with Crippen molar-refractivity contribution in [3.05, 3.63) is 71.6 Å². The van der Waals surface area contributed by atoms with E-state index in [1.807, 2.05) is 13.8 Å². The van der Waals surface area contributed by atoms with Crippen LogP contribution in [0.2, 0.25) is 0 Å². The first-order valence-electron chi connectivity index (χ1n) is 10.1. The van der Waals surface area contributed by atoms with Crippen LogP contribution >= 0.6 is 12.2 Å². The van der Waals surface area contributed by atoms with Gasteiger partial charge in [-0.15, -0.1) is 6.58 Å². The summed E-state index contributed by atoms with van der Waals surface area (Å²) in [4.78, 5) is 26.7. The summed E-state index contributed by atoms with van der Waals surface area (Å²) in [6.45, 7) is 8.34. The quantitative estimate of drug-likeness (QED) is 0.281. The molecule has 32 heavy (non-hydrogen) atoms. The number of para-hydroxylation sites is 1. The highest BCUT2D eigenvalue weighted by atomic mass is 32.1. The van der Waals surface area contributed by atoms with E-state index in [1.165, 1.54) is 24.3 Å². The average Bonchev–Trinajstić information content (AvgIpc) is 2.75. The first-order valence-corrected chi connectivity index (χ1v) is 10.5. The van der Waals surface area contributed by atoms with Gasteiger partial charge in [-0.3, -0.25) is 14.9 Å². The number of amides is 2. The summed E-state index contributed by atoms with van der Waals surface area (Å²) in [6.07, 6.45) is 3.65. The molecule has 0 saturated carbocycles. The van der Waals surface area contributed by atoms with Gasteiger partial charge >= 0.3 is 0 Å². The second-order valence-corrected chi connectivity index (χ2v) is 7.16. The van der Waals surface area contributed by atoms with E-state index in [0.717, 1.165) is 10.5 Å². The molecule has 166 valence electrons. The second-order valence-electron chi connectivity index (χ2n) is 6.78. The number of hydrogen-bond donors (Lipinski definition) is 1. The summed E-state index contributed by atoms with van der Waals surface area (Å²) in [7, 11) is 0. The van der Waals surface area contributed by atoms with Gasteiger partial charge in [0.15, 0.2) is 16.6 Å². The number of nitrogens with one attached hydrogen (secondary N) is 1. The summed E-state index contributed by atoms with van der Waals surface area (Å²) in [5.41, 5.74) is 1.12. The van der Waals surface area contributed by atoms with Gasteiger partial charge in [-0.25, -0.2) is 9.29 Å². The maximum absolute atomic E-state index is 14.3. The number of ether oxygens (including phenoxy) is 2. The van der Waals surface area contributed by atoms with Gasteiger partial charge in [-0.2, -0.15) is 0 Å². The normalized spacial score (nSPS) is 15.0. The molecule has 2 aromatic carbocycles. The summed E-state index contributed by atoms with van der Waals surface area (Å²) in [5.74, 6) is -0.937. The molecule has 0 spiro atoms. The minimum absolute atomic E-state index is 0.0394. The predicted molar refractivity (Wildman–Crippen MR) is 125 cm³/mol. The first-order chi connectivity index (χ1) is 15.4. The Hall–Kier alpha value is -3.52. The van der Waals surface area contributed by atoms with Crippen molar-refractivity contribution in [3.63, 3.8) is 0 Å². The summed E-state index contributed by atoms with van der Waals surface area (Å²) in [6, 6.07) is 9.20. The van der Waals surface area contributed by atoms with Crippen LogP contribution in [-0.2, 0) is 16.0 Å². The number of nitrogens with zero attached hydrogens (tertiary/aromatic N) is 1. The smallest absolute Gasteiger partial charge is 0.270 e. The molecular formula is C24H23FN2O4S. The summed E-state index contributed by atoms with van der Waals surface area (Å²) >= 11 is 5.13. The Morgan fingerprint density at radius 2 is 1.88 bits per heavy atom. The van der Waals surface area contributed by atoms with E-state index in [2.05, 4.69) is 11.9 Å². The lowest BCUT2D eigenvalue weighted by molar-refractivity contribution is -0.122. The maximum Gasteiger partial charge on any atom is 0.270 e. The third kappa shape index (κ3) is 4.70. The summed E-state index contributed by atoms with van der Waals surface area (Å²) in [5, 5.41) is 2.27. The fraction of sp³-hybridized carbons (Fsp3) is 0.208. The molecule has 0 aliphatic carbocycles. The monoisotopic (exact) mass is 454 g/mol. The van der Waals surface area contributed by atoms with E-state index in [4.69, 9.17) is 21.7 Å². The van der Waals surface area contributed by atoms with Crippen molar-refractivity contribution < 1.29 is 23.5 Å². The highest BCUT2D eigenvalue weighted by Gasteiger charge is 2.35. The van der Waals surface area contributed by atoms with Gasteiger partial charge in [0.1, 0.15) is 11.4 Å². The fourth-order valence-electron chi connectivity index (χ4n) is 3.32. The number of hydrogen-bond acceptors (Lipinski definition) is 5. The van der Waals surface area contributed by atoms with Crippen molar-refractivity contribution in [2.75, 3.05) is 18.1 Å². The molecule has 0 radical (unpaired) electrons. The van der Waals surface area contributed by atoms with Gasteiger partial charge in [0.05, 0.1) is 18.9 Å². The van der Waals surface area contributed by atoms with Crippen molar-refractivity contribution in [2.24, 2.45) is 0 Å². The number of halogens is 1. The van der Waals surface area contributed by atoms with Crippen LogP contribution in [-0.4, -0.2) is 30.1 Å². The van der Waals surface area contributed by atoms with Crippen molar-refractivity contribution in [2.45, 2.75) is 20.3 Å². The van der Waals surface area contributed by atoms with E-state index in [-0.39, 0.29) is 16.4 Å². The summed E-state index contributed by atoms with van der Waals surface area (Å²) < 4.78 is 25.8. The lowest BCUT2D eigenvalue weighted by atomic mass is 10.0. The van der Waals surface area contributed by atoms with Gasteiger partial charge < -0.3 is 9.47 Å². The standard InChI is InChI=1S/C24H23FN2O4S/c1-4-9-16-12-15(14-20(30-5-2)21(16)31-6-3)13-17-22(28)26-24(32)27(23(17)29)19-11-8-7-10-18(19)25/h4,7-8,10-14H,1,5-6,9H2,2-3H3,(H,26,28,32)/b17-13+. The number of anilines is 1. The molecule has 8 heteroatoms. The van der Waals surface area contributed by atoms with Crippen LogP contribution in [0.4, 0.5) is 10.1 Å². The van der Waals surface area contributed by atoms with Crippen LogP contribution < -0.4 is 19.7 Å². The van der Waals surface area contributed by atoms with Crippen molar-refractivity contribution in [1.29, 1.82) is 0 Å². The van der Waals surface area contributed by atoms with Gasteiger partial charge in [-0.05, 0) is 68.4 Å². The van der Waals surface area contributed by atoms with E-state index >= 15 is 0 Å². The zero-order valence-electron chi connectivity index (χ0n) is 17.8. The molecule has 0 unspecified atom stereocenters. The van der Waals surface area contributed by atoms with E-state index < -0.39 is 17.6 Å². The number of allylic oxidation sites excluding steroid dienone is 1. The lowest BCUT2D eigenvalue weighted by Crippen LogP contribution is -2.54. The van der Waals surface area contributed by atoms with Crippen molar-refractivity contribution in [1.82, 2.24) is 5.32 Å². The zero-order chi connectivity index (χ0) is 23.3. The lowest BCUT2D eigenvalue weighted by Gasteiger charge is -2.29. The number of benzene rings is 2. The Morgan fingerprint density at radius 1 is 1.16 bits per heavy atom. The SMILES string of the molecule is C=CCc1cc(/C=C2\C(=O)NC(=S)N(c3ccccc3F)C2=O)cc(OCC)c1OCC. The molecule has 0 aromatic heterocycles. The predicted octanol–water partition coefficient (Wildman–Crippen LogP) is 4.18. The molecule has 3 rings (SSSR count). The minimum atomic E-state index is -0.721. The van der Waals surface area contributed by atoms with E-state index in [9.17, 15) is 14.0 Å². The van der Waals surface area contributed by atoms with Gasteiger partial charge in [-0.1, -0.05) is 18.2 Å². The second kappa shape index (κ2) is 10.2. The fourth-order valence-corrected chi connectivity index (χ4v) is 3.59. The largest absolute Gasteiger partial charge is 0.490 e. The first kappa shape index (κ1) is 23.1. The molecule has 1 saturated heterocycles. The molecule has 0 bridgehead atoms. The number of rotatable bonds is 8. The van der Waals surface area contributed by atoms with Crippen LogP contribution in [0.3, 0.4) is 0 Å². The Morgan fingerprint density at radius 3 is 2.53 bits per heavy atom. The topological polar surface area (TPSA) is 67.9 Å². The van der Waals surface area contributed by atoms with Crippen LogP contribution in [0.5, 0.6) is 11.5 Å². The molecule has 2 aromatic rings. The highest BCUT2D eigenvalue weighted by Crippen LogP contribution is 2.35. The molecular weight excluding hydrogens is 431 g/mol. The molecule has 1 aliphatic rings. The number of carbonyl (C=O) groups is 2. The molecule has 1 N–H and O–H groups in total. The molecule has 6 nitrogen and oxygen atoms in total. The van der Waals surface area contributed by atoms with Crippen molar-refractivity contribution >= 4 is 40.9 Å². The highest BCUT2D eigenvalue weighted by molar-refractivity contribution is 7.80. The average molecular weight is 455 g/mol. The Bertz CT molecular complexity index is 1110. The van der Waals surface area contributed by atoms with Crippen molar-refractivity contribution in [3.8, 4) is 11.5 Å². The van der Waals surface area contributed by atoms with E-state index in [0.29, 0.717) is 36.7 Å². The Balaban J connectivity index is 2.10. The molecule has 1 aliphatic heterocycles. The van der Waals surface area contributed by atoms with Crippen LogP contribution in [0, 0.1) is 5.82 Å². The third-order valence-electron chi connectivity index (χ3n) is 4.61. The van der Waals surface area contributed by atoms with Gasteiger partial charge in [0, 0.05) is 5.56 Å². The van der Waals surface area contributed by atoms with Crippen LogP contribution in [0.1, 0.15) is 25.0 Å². The van der Waals surface area contributed by atoms with Crippen LogP contribution in [0.25, 0.3) is 6.08 Å². The minimum Gasteiger partial charge on any atom is -0.490 e. The van der Waals surface area contributed by atoms with Gasteiger partial charge in [0.25, 0.3) is 11.8 Å². The molecule has 0 atom stereocenters. The molecule has 2 amide bonds. The van der Waals surface area contributed by atoms with Crippen LogP contribution in [0.15, 0.2) is 54.6 Å². The Labute approximate surface area is 191 Å². The number of thiocarbonyl (C=S) groups is 1. The Kier molecular flexibility index (Phi) is 7.37. The third-order valence-corrected chi connectivity index (χ3v) is 4.90. The van der Waals surface area contributed by atoms with E-state index in [1.54, 1.807) is 24.3 Å². The van der Waals surface area contributed by atoms with Gasteiger partial charge in [0.2, 0.25) is 0 Å². The number of carbonyl (C=O) groups excluding carboxylic acids is 2. The zero-order valence-corrected chi connectivity index (χ0v) is 18.6. The molecule has 1 heterocycles. The molecule has 1 fully saturated rings.